The van der Waals surface area contributed by atoms with Crippen LogP contribution in [0.15, 0.2) is 57.3 Å². The average molecular weight is 242 g/mol. The Kier molecular flexibility index (Phi) is 3.66. The van der Waals surface area contributed by atoms with Gasteiger partial charge in [0, 0.05) is 0 Å². The molecule has 2 aromatic rings. The van der Waals surface area contributed by atoms with Crippen LogP contribution in [-0.4, -0.2) is 23.5 Å². The van der Waals surface area contributed by atoms with Gasteiger partial charge in [0.1, 0.15) is 5.76 Å². The molecule has 0 aliphatic rings. The summed E-state index contributed by atoms with van der Waals surface area (Å²) in [5.74, 6) is -0.331. The van der Waals surface area contributed by atoms with E-state index in [-0.39, 0.29) is 5.56 Å². The summed E-state index contributed by atoms with van der Waals surface area (Å²) in [7, 11) is 0. The fraction of sp³-hybridized carbons (Fsp3) is 0. The summed E-state index contributed by atoms with van der Waals surface area (Å²) in [6.07, 6.45) is 4.57. The summed E-state index contributed by atoms with van der Waals surface area (Å²) in [5, 5.41) is 16.4. The van der Waals surface area contributed by atoms with Gasteiger partial charge >= 0.3 is 5.97 Å². The zero-order chi connectivity index (χ0) is 12.8. The lowest BCUT2D eigenvalue weighted by atomic mass is 10.1. The van der Waals surface area contributed by atoms with E-state index in [1.54, 1.807) is 30.5 Å². The van der Waals surface area contributed by atoms with Crippen LogP contribution >= 0.6 is 0 Å². The number of aromatic carboxylic acids is 1. The minimum atomic E-state index is -0.950. The molecule has 0 saturated carbocycles. The molecule has 2 rings (SSSR count). The number of hydrogen-bond acceptors (Lipinski definition) is 4. The SMILES string of the molecule is O=C(O)c1ccc(/C=N/N=C\c2ccco2)cc1. The fourth-order valence-electron chi connectivity index (χ4n) is 1.27. The third kappa shape index (κ3) is 3.15. The molecule has 0 aliphatic carbocycles. The van der Waals surface area contributed by atoms with Gasteiger partial charge in [0.15, 0.2) is 0 Å². The number of carbonyl (C=O) groups is 1. The van der Waals surface area contributed by atoms with E-state index >= 15 is 0 Å². The molecule has 5 nitrogen and oxygen atoms in total. The van der Waals surface area contributed by atoms with Gasteiger partial charge in [-0.25, -0.2) is 4.79 Å². The minimum absolute atomic E-state index is 0.242. The first-order chi connectivity index (χ1) is 8.75. The van der Waals surface area contributed by atoms with Gasteiger partial charge in [-0.15, -0.1) is 0 Å². The molecule has 0 atom stereocenters. The number of benzene rings is 1. The fourth-order valence-corrected chi connectivity index (χ4v) is 1.27. The zero-order valence-electron chi connectivity index (χ0n) is 9.35. The van der Waals surface area contributed by atoms with Crippen molar-refractivity contribution >= 4 is 18.4 Å². The smallest absolute Gasteiger partial charge is 0.335 e. The molecule has 0 aliphatic heterocycles. The largest absolute Gasteiger partial charge is 0.478 e. The van der Waals surface area contributed by atoms with Gasteiger partial charge in [-0.2, -0.15) is 10.2 Å². The molecule has 90 valence electrons. The van der Waals surface area contributed by atoms with Gasteiger partial charge < -0.3 is 9.52 Å². The first-order valence-electron chi connectivity index (χ1n) is 5.19. The quantitative estimate of drug-likeness (QED) is 0.660. The van der Waals surface area contributed by atoms with Gasteiger partial charge in [0.25, 0.3) is 0 Å². The predicted molar refractivity (Wildman–Crippen MR) is 67.3 cm³/mol. The Morgan fingerprint density at radius 1 is 1.11 bits per heavy atom. The number of carboxylic acids is 1. The third-order valence-corrected chi connectivity index (χ3v) is 2.16. The third-order valence-electron chi connectivity index (χ3n) is 2.16. The highest BCUT2D eigenvalue weighted by atomic mass is 16.4. The second kappa shape index (κ2) is 5.58. The van der Waals surface area contributed by atoms with Crippen molar-refractivity contribution < 1.29 is 14.3 Å². The molecule has 1 heterocycles. The van der Waals surface area contributed by atoms with Crippen LogP contribution in [0.1, 0.15) is 21.7 Å². The maximum absolute atomic E-state index is 10.6. The lowest BCUT2D eigenvalue weighted by Gasteiger charge is -1.94. The molecule has 18 heavy (non-hydrogen) atoms. The van der Waals surface area contributed by atoms with Crippen molar-refractivity contribution in [3.8, 4) is 0 Å². The molecule has 1 aromatic heterocycles. The van der Waals surface area contributed by atoms with Crippen LogP contribution in [0.25, 0.3) is 0 Å². The summed E-state index contributed by atoms with van der Waals surface area (Å²) >= 11 is 0. The van der Waals surface area contributed by atoms with E-state index in [0.29, 0.717) is 5.76 Å². The molecule has 0 fully saturated rings. The van der Waals surface area contributed by atoms with E-state index in [1.807, 2.05) is 0 Å². The molecule has 0 saturated heterocycles. The van der Waals surface area contributed by atoms with Crippen molar-refractivity contribution in [2.24, 2.45) is 10.2 Å². The van der Waals surface area contributed by atoms with Crippen LogP contribution in [0.3, 0.4) is 0 Å². The molecule has 0 unspecified atom stereocenters. The van der Waals surface area contributed by atoms with Crippen molar-refractivity contribution in [2.45, 2.75) is 0 Å². The van der Waals surface area contributed by atoms with Crippen molar-refractivity contribution in [1.29, 1.82) is 0 Å². The second-order valence-electron chi connectivity index (χ2n) is 3.43. The van der Waals surface area contributed by atoms with Crippen LogP contribution in [0.4, 0.5) is 0 Å². The standard InChI is InChI=1S/C13H10N2O3/c16-13(17)11-5-3-10(4-6-11)8-14-15-9-12-2-1-7-18-12/h1-9H,(H,16,17)/b14-8+,15-9-. The molecule has 0 bridgehead atoms. The molecule has 0 amide bonds. The maximum atomic E-state index is 10.6. The highest BCUT2D eigenvalue weighted by Gasteiger charge is 1.99. The Labute approximate surface area is 103 Å². The first-order valence-corrected chi connectivity index (χ1v) is 5.19. The summed E-state index contributed by atoms with van der Waals surface area (Å²) in [6, 6.07) is 9.88. The summed E-state index contributed by atoms with van der Waals surface area (Å²) < 4.78 is 5.04. The van der Waals surface area contributed by atoms with Crippen molar-refractivity contribution in [2.75, 3.05) is 0 Å². The molecule has 5 heteroatoms. The summed E-state index contributed by atoms with van der Waals surface area (Å²) in [6.45, 7) is 0. The summed E-state index contributed by atoms with van der Waals surface area (Å²) in [5.41, 5.74) is 1.02. The lowest BCUT2D eigenvalue weighted by molar-refractivity contribution is 0.0697. The molecule has 1 N–H and O–H groups in total. The van der Waals surface area contributed by atoms with E-state index < -0.39 is 5.97 Å². The molecule has 0 spiro atoms. The minimum Gasteiger partial charge on any atom is -0.478 e. The number of hydrogen-bond donors (Lipinski definition) is 1. The summed E-state index contributed by atoms with van der Waals surface area (Å²) in [4.78, 5) is 10.6. The van der Waals surface area contributed by atoms with Gasteiger partial charge in [0.05, 0.1) is 24.3 Å². The van der Waals surface area contributed by atoms with Gasteiger partial charge in [-0.3, -0.25) is 0 Å². The molecular weight excluding hydrogens is 232 g/mol. The van der Waals surface area contributed by atoms with Crippen LogP contribution in [0.2, 0.25) is 0 Å². The van der Waals surface area contributed by atoms with Crippen LogP contribution in [-0.2, 0) is 0 Å². The van der Waals surface area contributed by atoms with E-state index in [0.717, 1.165) is 5.56 Å². The van der Waals surface area contributed by atoms with Gasteiger partial charge in [0.2, 0.25) is 0 Å². The Morgan fingerprint density at radius 2 is 1.83 bits per heavy atom. The Balaban J connectivity index is 1.99. The highest BCUT2D eigenvalue weighted by Crippen LogP contribution is 2.02. The topological polar surface area (TPSA) is 75.2 Å². The van der Waals surface area contributed by atoms with E-state index in [2.05, 4.69) is 10.2 Å². The number of nitrogens with zero attached hydrogens (tertiary/aromatic N) is 2. The van der Waals surface area contributed by atoms with Crippen molar-refractivity contribution in [3.05, 3.63) is 59.5 Å². The Morgan fingerprint density at radius 3 is 2.44 bits per heavy atom. The lowest BCUT2D eigenvalue weighted by Crippen LogP contribution is -1.95. The second-order valence-corrected chi connectivity index (χ2v) is 3.43. The Hall–Kier alpha value is -2.69. The van der Waals surface area contributed by atoms with Crippen molar-refractivity contribution in [3.63, 3.8) is 0 Å². The molecule has 0 radical (unpaired) electrons. The normalized spacial score (nSPS) is 11.3. The number of rotatable bonds is 4. The first kappa shape index (κ1) is 11.8. The zero-order valence-corrected chi connectivity index (χ0v) is 9.35. The van der Waals surface area contributed by atoms with E-state index in [9.17, 15) is 4.79 Å². The number of furan rings is 1. The average Bonchev–Trinajstić information content (AvgIpc) is 2.88. The van der Waals surface area contributed by atoms with Gasteiger partial charge in [-0.05, 0) is 29.8 Å². The maximum Gasteiger partial charge on any atom is 0.335 e. The van der Waals surface area contributed by atoms with Crippen molar-refractivity contribution in [1.82, 2.24) is 0 Å². The highest BCUT2D eigenvalue weighted by molar-refractivity contribution is 5.89. The van der Waals surface area contributed by atoms with Crippen LogP contribution in [0, 0.1) is 0 Å². The monoisotopic (exact) mass is 242 g/mol. The Bertz CT molecular complexity index is 569. The predicted octanol–water partition coefficient (Wildman–Crippen LogP) is 2.43. The number of carboxylic acid groups (broad SMARTS) is 1. The van der Waals surface area contributed by atoms with Crippen LogP contribution in [0.5, 0.6) is 0 Å². The van der Waals surface area contributed by atoms with Gasteiger partial charge in [-0.1, -0.05) is 12.1 Å². The molecular formula is C13H10N2O3. The van der Waals surface area contributed by atoms with E-state index in [1.165, 1.54) is 24.6 Å². The molecule has 1 aromatic carbocycles. The van der Waals surface area contributed by atoms with E-state index in [4.69, 9.17) is 9.52 Å². The van der Waals surface area contributed by atoms with Crippen LogP contribution < -0.4 is 0 Å².